The standard InChI is InChI=1S/C16H34N2O4Si/c1-8-20-23(21-9-2,22-10-3)13-11-12-18-14(19)15(4,5)17-16(18,6)7/h17H,8-13H2,1-7H3. The molecule has 1 aliphatic heterocycles. The lowest BCUT2D eigenvalue weighted by atomic mass is 10.1. The largest absolute Gasteiger partial charge is 0.500 e. The number of hydrogen-bond donors (Lipinski definition) is 1. The van der Waals surface area contributed by atoms with Crippen LogP contribution in [-0.4, -0.2) is 57.2 Å². The van der Waals surface area contributed by atoms with Crippen molar-refractivity contribution >= 4 is 14.7 Å². The monoisotopic (exact) mass is 346 g/mol. The molecule has 1 rings (SSSR count). The van der Waals surface area contributed by atoms with Crippen molar-refractivity contribution in [3.8, 4) is 0 Å². The minimum atomic E-state index is -2.63. The van der Waals surface area contributed by atoms with Gasteiger partial charge in [-0.15, -0.1) is 0 Å². The van der Waals surface area contributed by atoms with Crippen molar-refractivity contribution in [2.45, 2.75) is 72.1 Å². The van der Waals surface area contributed by atoms with Crippen LogP contribution in [0, 0.1) is 0 Å². The van der Waals surface area contributed by atoms with Crippen LogP contribution >= 0.6 is 0 Å². The molecule has 1 heterocycles. The van der Waals surface area contributed by atoms with E-state index in [1.807, 2.05) is 53.4 Å². The second-order valence-electron chi connectivity index (χ2n) is 6.85. The molecule has 0 radical (unpaired) electrons. The van der Waals surface area contributed by atoms with Crippen LogP contribution in [0.5, 0.6) is 0 Å². The lowest BCUT2D eigenvalue weighted by molar-refractivity contribution is -0.133. The molecule has 0 bridgehead atoms. The summed E-state index contributed by atoms with van der Waals surface area (Å²) >= 11 is 0. The van der Waals surface area contributed by atoms with E-state index in [1.165, 1.54) is 0 Å². The summed E-state index contributed by atoms with van der Waals surface area (Å²) in [5.41, 5.74) is -0.856. The summed E-state index contributed by atoms with van der Waals surface area (Å²) in [7, 11) is -2.63. The Balaban J connectivity index is 2.70. The summed E-state index contributed by atoms with van der Waals surface area (Å²) in [4.78, 5) is 14.5. The molecule has 6 nitrogen and oxygen atoms in total. The van der Waals surface area contributed by atoms with Gasteiger partial charge in [-0.25, -0.2) is 0 Å². The van der Waals surface area contributed by atoms with Crippen molar-refractivity contribution in [2.75, 3.05) is 26.4 Å². The van der Waals surface area contributed by atoms with Gasteiger partial charge in [-0.1, -0.05) is 0 Å². The fourth-order valence-corrected chi connectivity index (χ4v) is 5.91. The Morgan fingerprint density at radius 1 is 1.00 bits per heavy atom. The minimum Gasteiger partial charge on any atom is -0.374 e. The topological polar surface area (TPSA) is 60.0 Å². The molecule has 1 amide bonds. The predicted octanol–water partition coefficient (Wildman–Crippen LogP) is 2.37. The SMILES string of the molecule is CCO[Si](CCCN1C(=O)C(C)(C)NC1(C)C)(OCC)OCC. The van der Waals surface area contributed by atoms with Crippen molar-refractivity contribution in [1.29, 1.82) is 0 Å². The Kier molecular flexibility index (Phi) is 7.22. The highest BCUT2D eigenvalue weighted by Gasteiger charge is 2.49. The van der Waals surface area contributed by atoms with E-state index in [1.54, 1.807) is 0 Å². The first kappa shape index (κ1) is 20.6. The molecule has 0 atom stereocenters. The first-order valence-electron chi connectivity index (χ1n) is 8.67. The molecule has 1 saturated heterocycles. The molecule has 1 fully saturated rings. The summed E-state index contributed by atoms with van der Waals surface area (Å²) in [6.07, 6.45) is 0.805. The number of nitrogens with zero attached hydrogens (tertiary/aromatic N) is 1. The van der Waals surface area contributed by atoms with Crippen LogP contribution in [0.15, 0.2) is 0 Å². The third-order valence-electron chi connectivity index (χ3n) is 4.03. The van der Waals surface area contributed by atoms with Crippen molar-refractivity contribution < 1.29 is 18.1 Å². The lowest BCUT2D eigenvalue weighted by Gasteiger charge is -2.33. The maximum atomic E-state index is 12.6. The van der Waals surface area contributed by atoms with E-state index < -0.39 is 14.3 Å². The van der Waals surface area contributed by atoms with E-state index in [4.69, 9.17) is 13.3 Å². The third kappa shape index (κ3) is 5.00. The van der Waals surface area contributed by atoms with E-state index in [2.05, 4.69) is 5.32 Å². The lowest BCUT2D eigenvalue weighted by Crippen LogP contribution is -2.50. The van der Waals surface area contributed by atoms with Crippen LogP contribution in [0.4, 0.5) is 0 Å². The second-order valence-corrected chi connectivity index (χ2v) is 9.58. The molecule has 0 aliphatic carbocycles. The average molecular weight is 347 g/mol. The van der Waals surface area contributed by atoms with Gasteiger partial charge in [0.1, 0.15) is 0 Å². The molecule has 7 heteroatoms. The van der Waals surface area contributed by atoms with E-state index in [0.717, 1.165) is 12.5 Å². The van der Waals surface area contributed by atoms with Gasteiger partial charge in [0.05, 0.1) is 11.2 Å². The molecule has 136 valence electrons. The van der Waals surface area contributed by atoms with Crippen LogP contribution in [0.2, 0.25) is 6.04 Å². The summed E-state index contributed by atoms with van der Waals surface area (Å²) in [6.45, 7) is 16.2. The number of carbonyl (C=O) groups excluding carboxylic acids is 1. The molecule has 0 aromatic carbocycles. The van der Waals surface area contributed by atoms with Crippen LogP contribution in [0.1, 0.15) is 54.9 Å². The van der Waals surface area contributed by atoms with Crippen molar-refractivity contribution in [3.05, 3.63) is 0 Å². The van der Waals surface area contributed by atoms with Gasteiger partial charge >= 0.3 is 8.80 Å². The van der Waals surface area contributed by atoms with Gasteiger partial charge in [0.2, 0.25) is 5.91 Å². The first-order chi connectivity index (χ1) is 10.6. The molecular weight excluding hydrogens is 312 g/mol. The maximum absolute atomic E-state index is 12.6. The molecule has 0 unspecified atom stereocenters. The fraction of sp³-hybridized carbons (Fsp3) is 0.938. The minimum absolute atomic E-state index is 0.138. The van der Waals surface area contributed by atoms with Gasteiger partial charge in [0.25, 0.3) is 0 Å². The Labute approximate surface area is 142 Å². The van der Waals surface area contributed by atoms with Crippen LogP contribution in [0.25, 0.3) is 0 Å². The fourth-order valence-electron chi connectivity index (χ4n) is 3.31. The van der Waals surface area contributed by atoms with E-state index >= 15 is 0 Å². The normalized spacial score (nSPS) is 20.3. The Morgan fingerprint density at radius 3 is 1.83 bits per heavy atom. The molecule has 0 spiro atoms. The quantitative estimate of drug-likeness (QED) is 0.615. The number of hydrogen-bond acceptors (Lipinski definition) is 5. The van der Waals surface area contributed by atoms with E-state index in [9.17, 15) is 4.79 Å². The van der Waals surface area contributed by atoms with Crippen molar-refractivity contribution in [2.24, 2.45) is 0 Å². The molecule has 23 heavy (non-hydrogen) atoms. The predicted molar refractivity (Wildman–Crippen MR) is 93.1 cm³/mol. The van der Waals surface area contributed by atoms with Gasteiger partial charge in [-0.2, -0.15) is 0 Å². The summed E-state index contributed by atoms with van der Waals surface area (Å²) in [5.74, 6) is 0.138. The Hall–Kier alpha value is -0.473. The number of carbonyl (C=O) groups is 1. The van der Waals surface area contributed by atoms with Crippen molar-refractivity contribution in [1.82, 2.24) is 10.2 Å². The summed E-state index contributed by atoms with van der Waals surface area (Å²) in [6, 6.07) is 0.725. The first-order valence-corrected chi connectivity index (χ1v) is 10.6. The Morgan fingerprint density at radius 2 is 1.48 bits per heavy atom. The molecule has 0 saturated carbocycles. The third-order valence-corrected chi connectivity index (χ3v) is 7.18. The van der Waals surface area contributed by atoms with Gasteiger partial charge in [-0.3, -0.25) is 10.1 Å². The average Bonchev–Trinajstić information content (AvgIpc) is 2.57. The van der Waals surface area contributed by atoms with Crippen LogP contribution < -0.4 is 5.32 Å². The highest BCUT2D eigenvalue weighted by molar-refractivity contribution is 6.60. The molecule has 0 aromatic heterocycles. The smallest absolute Gasteiger partial charge is 0.374 e. The number of nitrogens with one attached hydrogen (secondary N) is 1. The molecule has 0 aromatic rings. The second kappa shape index (κ2) is 8.07. The zero-order valence-corrected chi connectivity index (χ0v) is 16.8. The number of rotatable bonds is 10. The van der Waals surface area contributed by atoms with Crippen molar-refractivity contribution in [3.63, 3.8) is 0 Å². The zero-order chi connectivity index (χ0) is 17.7. The molecule has 1 N–H and O–H groups in total. The van der Waals surface area contributed by atoms with Crippen LogP contribution in [0.3, 0.4) is 0 Å². The highest BCUT2D eigenvalue weighted by Crippen LogP contribution is 2.29. The van der Waals surface area contributed by atoms with Gasteiger partial charge in [0, 0.05) is 32.4 Å². The number of amides is 1. The maximum Gasteiger partial charge on any atom is 0.500 e. The molecular formula is C16H34N2O4Si. The zero-order valence-electron chi connectivity index (χ0n) is 15.8. The Bertz CT molecular complexity index is 385. The van der Waals surface area contributed by atoms with E-state index in [0.29, 0.717) is 26.4 Å². The summed E-state index contributed by atoms with van der Waals surface area (Å²) < 4.78 is 17.6. The molecule has 1 aliphatic rings. The van der Waals surface area contributed by atoms with Gasteiger partial charge < -0.3 is 18.2 Å². The summed E-state index contributed by atoms with van der Waals surface area (Å²) in [5, 5.41) is 3.39. The van der Waals surface area contributed by atoms with E-state index in [-0.39, 0.29) is 11.6 Å². The highest BCUT2D eigenvalue weighted by atomic mass is 28.4. The van der Waals surface area contributed by atoms with Crippen LogP contribution in [-0.2, 0) is 18.1 Å². The van der Waals surface area contributed by atoms with Gasteiger partial charge in [-0.05, 0) is 54.9 Å². The van der Waals surface area contributed by atoms with Gasteiger partial charge in [0.15, 0.2) is 0 Å².